The summed E-state index contributed by atoms with van der Waals surface area (Å²) in [4.78, 5) is 10.3. The molecule has 1 aliphatic carbocycles. The van der Waals surface area contributed by atoms with Gasteiger partial charge in [0.1, 0.15) is 5.69 Å². The Morgan fingerprint density at radius 1 is 1.06 bits per heavy atom. The molecule has 98 valence electrons. The van der Waals surface area contributed by atoms with Crippen LogP contribution in [0.1, 0.15) is 51.0 Å². The molecule has 0 bridgehead atoms. The van der Waals surface area contributed by atoms with Gasteiger partial charge in [-0.1, -0.05) is 51.2 Å². The van der Waals surface area contributed by atoms with Crippen molar-refractivity contribution in [1.29, 1.82) is 0 Å². The van der Waals surface area contributed by atoms with E-state index in [1.807, 2.05) is 24.3 Å². The third kappa shape index (κ3) is 3.66. The smallest absolute Gasteiger partial charge is 0.108 e. The van der Waals surface area contributed by atoms with E-state index in [0.717, 1.165) is 18.3 Å². The summed E-state index contributed by atoms with van der Waals surface area (Å²) >= 11 is 0. The van der Waals surface area contributed by atoms with E-state index < -0.39 is 0 Å². The molecule has 1 aliphatic rings. The predicted molar refractivity (Wildman–Crippen MR) is 76.0 cm³/mol. The lowest BCUT2D eigenvalue weighted by atomic mass is 9.78. The zero-order valence-corrected chi connectivity index (χ0v) is 11.3. The van der Waals surface area contributed by atoms with Crippen molar-refractivity contribution in [3.8, 4) is 0 Å². The summed E-state index contributed by atoms with van der Waals surface area (Å²) in [5.41, 5.74) is 1.86. The van der Waals surface area contributed by atoms with Gasteiger partial charge in [-0.2, -0.15) is 0 Å². The summed E-state index contributed by atoms with van der Waals surface area (Å²) < 4.78 is 0. The lowest BCUT2D eigenvalue weighted by molar-refractivity contribution is 0.259. The van der Waals surface area contributed by atoms with Crippen molar-refractivity contribution < 1.29 is 0 Å². The van der Waals surface area contributed by atoms with Crippen LogP contribution >= 0.6 is 0 Å². The quantitative estimate of drug-likeness (QED) is 0.653. The first-order valence-corrected chi connectivity index (χ1v) is 7.24. The van der Waals surface area contributed by atoms with Crippen molar-refractivity contribution in [3.05, 3.63) is 34.7 Å². The van der Waals surface area contributed by atoms with E-state index in [2.05, 4.69) is 12.1 Å². The van der Waals surface area contributed by atoms with E-state index in [-0.39, 0.29) is 0 Å². The van der Waals surface area contributed by atoms with Gasteiger partial charge in [-0.15, -0.1) is 4.91 Å². The maximum atomic E-state index is 10.3. The second-order valence-corrected chi connectivity index (χ2v) is 5.59. The van der Waals surface area contributed by atoms with Crippen molar-refractivity contribution >= 4 is 5.69 Å². The number of rotatable bonds is 5. The summed E-state index contributed by atoms with van der Waals surface area (Å²) in [5, 5.41) is 2.93. The van der Waals surface area contributed by atoms with Crippen molar-refractivity contribution in [3.63, 3.8) is 0 Å². The molecule has 0 atom stereocenters. The summed E-state index contributed by atoms with van der Waals surface area (Å²) in [6.45, 7) is 2.31. The summed E-state index contributed by atoms with van der Waals surface area (Å²) in [5.74, 6) is 1.90. The van der Waals surface area contributed by atoms with Crippen LogP contribution in [-0.2, 0) is 6.42 Å². The van der Waals surface area contributed by atoms with E-state index in [0.29, 0.717) is 5.69 Å². The van der Waals surface area contributed by atoms with E-state index in [9.17, 15) is 4.91 Å². The summed E-state index contributed by atoms with van der Waals surface area (Å²) in [7, 11) is 0. The predicted octanol–water partition coefficient (Wildman–Crippen LogP) is 5.23. The first-order valence-electron chi connectivity index (χ1n) is 7.24. The van der Waals surface area contributed by atoms with Crippen LogP contribution in [0.4, 0.5) is 5.69 Å². The van der Waals surface area contributed by atoms with Crippen molar-refractivity contribution in [2.45, 2.75) is 51.9 Å². The molecule has 18 heavy (non-hydrogen) atoms. The zero-order valence-electron chi connectivity index (χ0n) is 11.3. The molecule has 1 aromatic carbocycles. The first kappa shape index (κ1) is 13.3. The van der Waals surface area contributed by atoms with Crippen LogP contribution in [0.25, 0.3) is 0 Å². The van der Waals surface area contributed by atoms with Gasteiger partial charge in [0, 0.05) is 0 Å². The summed E-state index contributed by atoms with van der Waals surface area (Å²) in [6, 6.07) is 7.70. The van der Waals surface area contributed by atoms with Crippen LogP contribution in [0.2, 0.25) is 0 Å². The number of nitroso groups, excluding NO2 is 1. The van der Waals surface area contributed by atoms with Gasteiger partial charge in [0.25, 0.3) is 0 Å². The van der Waals surface area contributed by atoms with Gasteiger partial charge in [0.15, 0.2) is 0 Å². The lowest BCUT2D eigenvalue weighted by Crippen LogP contribution is -2.14. The molecular weight excluding hydrogens is 222 g/mol. The van der Waals surface area contributed by atoms with E-state index >= 15 is 0 Å². The van der Waals surface area contributed by atoms with Crippen LogP contribution in [0, 0.1) is 16.7 Å². The number of benzene rings is 1. The average molecular weight is 245 g/mol. The van der Waals surface area contributed by atoms with Gasteiger partial charge in [-0.3, -0.25) is 0 Å². The minimum Gasteiger partial charge on any atom is -0.145 e. The lowest BCUT2D eigenvalue weighted by Gasteiger charge is -2.27. The molecule has 0 aromatic heterocycles. The van der Waals surface area contributed by atoms with Crippen molar-refractivity contribution in [2.24, 2.45) is 17.0 Å². The normalized spacial score (nSPS) is 23.8. The van der Waals surface area contributed by atoms with Crippen LogP contribution < -0.4 is 0 Å². The second kappa shape index (κ2) is 6.67. The van der Waals surface area contributed by atoms with Crippen molar-refractivity contribution in [1.82, 2.24) is 0 Å². The standard InChI is InChI=1S/C16H23NO/c1-2-13-3-5-14(6-4-13)7-8-15-9-11-16(17-18)12-10-15/h9-14H,2-8H2,1H3. The highest BCUT2D eigenvalue weighted by atomic mass is 16.3. The minimum atomic E-state index is 0.530. The Hall–Kier alpha value is -1.18. The molecule has 0 unspecified atom stereocenters. The third-order valence-corrected chi connectivity index (χ3v) is 4.43. The van der Waals surface area contributed by atoms with E-state index in [4.69, 9.17) is 0 Å². The number of hydrogen-bond acceptors (Lipinski definition) is 2. The molecular formula is C16H23NO. The fraction of sp³-hybridized carbons (Fsp3) is 0.625. The van der Waals surface area contributed by atoms with E-state index in [1.165, 1.54) is 44.1 Å². The number of aryl methyl sites for hydroxylation is 1. The molecule has 2 rings (SSSR count). The molecule has 0 saturated heterocycles. The Morgan fingerprint density at radius 2 is 1.67 bits per heavy atom. The molecule has 2 nitrogen and oxygen atoms in total. The zero-order chi connectivity index (χ0) is 12.8. The average Bonchev–Trinajstić information content (AvgIpc) is 2.46. The number of nitrogens with zero attached hydrogens (tertiary/aromatic N) is 1. The Kier molecular flexibility index (Phi) is 4.91. The molecule has 0 heterocycles. The monoisotopic (exact) mass is 245 g/mol. The van der Waals surface area contributed by atoms with Crippen LogP contribution in [0.5, 0.6) is 0 Å². The molecule has 1 fully saturated rings. The van der Waals surface area contributed by atoms with Gasteiger partial charge in [0.2, 0.25) is 0 Å². The largest absolute Gasteiger partial charge is 0.145 e. The van der Waals surface area contributed by atoms with Gasteiger partial charge < -0.3 is 0 Å². The highest BCUT2D eigenvalue weighted by molar-refractivity contribution is 5.38. The van der Waals surface area contributed by atoms with Crippen molar-refractivity contribution in [2.75, 3.05) is 0 Å². The first-order chi connectivity index (χ1) is 8.81. The molecule has 0 aliphatic heterocycles. The van der Waals surface area contributed by atoms with Gasteiger partial charge in [-0.05, 0) is 47.6 Å². The second-order valence-electron chi connectivity index (χ2n) is 5.59. The third-order valence-electron chi connectivity index (χ3n) is 4.43. The maximum absolute atomic E-state index is 10.3. The highest BCUT2D eigenvalue weighted by Gasteiger charge is 2.19. The molecule has 0 N–H and O–H groups in total. The number of hydrogen-bond donors (Lipinski definition) is 0. The molecule has 1 aromatic rings. The molecule has 1 saturated carbocycles. The van der Waals surface area contributed by atoms with Gasteiger partial charge in [0.05, 0.1) is 0 Å². The Bertz CT molecular complexity index is 363. The van der Waals surface area contributed by atoms with Gasteiger partial charge >= 0.3 is 0 Å². The van der Waals surface area contributed by atoms with Crippen LogP contribution in [-0.4, -0.2) is 0 Å². The minimum absolute atomic E-state index is 0.530. The molecule has 0 radical (unpaired) electrons. The molecule has 0 spiro atoms. The maximum Gasteiger partial charge on any atom is 0.108 e. The van der Waals surface area contributed by atoms with Crippen LogP contribution in [0.15, 0.2) is 29.4 Å². The molecule has 0 amide bonds. The highest BCUT2D eigenvalue weighted by Crippen LogP contribution is 2.33. The molecule has 2 heteroatoms. The Balaban J connectivity index is 1.76. The summed E-state index contributed by atoms with van der Waals surface area (Å²) in [6.07, 6.45) is 9.46. The SMILES string of the molecule is CCC1CCC(CCc2ccc(N=O)cc2)CC1. The topological polar surface area (TPSA) is 29.4 Å². The van der Waals surface area contributed by atoms with Gasteiger partial charge in [-0.25, -0.2) is 0 Å². The fourth-order valence-electron chi connectivity index (χ4n) is 3.02. The Morgan fingerprint density at radius 3 is 2.22 bits per heavy atom. The Labute approximate surface area is 110 Å². The van der Waals surface area contributed by atoms with E-state index in [1.54, 1.807) is 0 Å². The van der Waals surface area contributed by atoms with Crippen LogP contribution in [0.3, 0.4) is 0 Å². The fourth-order valence-corrected chi connectivity index (χ4v) is 3.02.